The van der Waals surface area contributed by atoms with Crippen molar-refractivity contribution in [1.82, 2.24) is 5.32 Å². The molecule has 2 bridgehead atoms. The van der Waals surface area contributed by atoms with Crippen LogP contribution in [0.15, 0.2) is 12.2 Å². The molecule has 0 aromatic rings. The number of rotatable bonds is 6. The summed E-state index contributed by atoms with van der Waals surface area (Å²) in [5, 5.41) is 12.1. The van der Waals surface area contributed by atoms with Crippen molar-refractivity contribution >= 4 is 11.9 Å². The van der Waals surface area contributed by atoms with Crippen LogP contribution in [0.5, 0.6) is 0 Å². The number of carboxylic acids is 1. The summed E-state index contributed by atoms with van der Waals surface area (Å²) in [6.07, 6.45) is 7.98. The average Bonchev–Trinajstić information content (AvgIpc) is 2.94. The van der Waals surface area contributed by atoms with Gasteiger partial charge in [-0.15, -0.1) is 0 Å². The summed E-state index contributed by atoms with van der Waals surface area (Å²) in [6.45, 7) is 2.78. The van der Waals surface area contributed by atoms with E-state index in [0.29, 0.717) is 6.54 Å². The summed E-state index contributed by atoms with van der Waals surface area (Å²) in [5.41, 5.74) is 0. The summed E-state index contributed by atoms with van der Waals surface area (Å²) in [4.78, 5) is 23.4. The number of fused-ring (bicyclic) bond motifs is 2. The first-order chi connectivity index (χ1) is 8.65. The Morgan fingerprint density at radius 1 is 1.22 bits per heavy atom. The maximum absolute atomic E-state index is 12.1. The van der Waals surface area contributed by atoms with Gasteiger partial charge in [0.05, 0.1) is 11.8 Å². The van der Waals surface area contributed by atoms with Crippen LogP contribution in [-0.4, -0.2) is 23.5 Å². The van der Waals surface area contributed by atoms with Gasteiger partial charge in [-0.05, 0) is 24.7 Å². The lowest BCUT2D eigenvalue weighted by Gasteiger charge is -2.23. The third kappa shape index (κ3) is 2.42. The van der Waals surface area contributed by atoms with E-state index in [9.17, 15) is 14.7 Å². The van der Waals surface area contributed by atoms with E-state index in [1.807, 2.05) is 12.2 Å². The number of nitrogens with one attached hydrogen (secondary N) is 1. The fraction of sp³-hybridized carbons (Fsp3) is 0.714. The van der Waals surface area contributed by atoms with Gasteiger partial charge in [-0.1, -0.05) is 31.9 Å². The van der Waals surface area contributed by atoms with Gasteiger partial charge in [-0.3, -0.25) is 9.59 Å². The average molecular weight is 251 g/mol. The number of aliphatic carboxylic acids is 1. The molecule has 1 saturated carbocycles. The zero-order chi connectivity index (χ0) is 13.1. The highest BCUT2D eigenvalue weighted by atomic mass is 16.4. The second-order valence-electron chi connectivity index (χ2n) is 5.34. The molecule has 2 N–H and O–H groups in total. The Hall–Kier alpha value is -1.32. The highest BCUT2D eigenvalue weighted by Gasteiger charge is 2.51. The first-order valence-corrected chi connectivity index (χ1v) is 6.84. The molecule has 4 nitrogen and oxygen atoms in total. The summed E-state index contributed by atoms with van der Waals surface area (Å²) in [7, 11) is 0. The molecule has 1 amide bonds. The Bertz CT molecular complexity index is 364. The maximum Gasteiger partial charge on any atom is 0.307 e. The number of unbranched alkanes of at least 4 members (excludes halogenated alkanes) is 2. The Morgan fingerprint density at radius 3 is 2.50 bits per heavy atom. The van der Waals surface area contributed by atoms with Crippen molar-refractivity contribution in [1.29, 1.82) is 0 Å². The fourth-order valence-electron chi connectivity index (χ4n) is 3.22. The van der Waals surface area contributed by atoms with Crippen LogP contribution in [0.1, 0.15) is 32.6 Å². The largest absolute Gasteiger partial charge is 0.481 e. The van der Waals surface area contributed by atoms with E-state index >= 15 is 0 Å². The monoisotopic (exact) mass is 251 g/mol. The van der Waals surface area contributed by atoms with Crippen LogP contribution in [-0.2, 0) is 9.59 Å². The van der Waals surface area contributed by atoms with Crippen LogP contribution < -0.4 is 5.32 Å². The Kier molecular flexibility index (Phi) is 4.04. The lowest BCUT2D eigenvalue weighted by Crippen LogP contribution is -2.40. The quantitative estimate of drug-likeness (QED) is 0.559. The molecule has 0 spiro atoms. The van der Waals surface area contributed by atoms with Crippen molar-refractivity contribution < 1.29 is 14.7 Å². The molecule has 1 fully saturated rings. The van der Waals surface area contributed by atoms with Crippen molar-refractivity contribution in [2.24, 2.45) is 23.7 Å². The molecule has 0 aromatic heterocycles. The number of carbonyl (C=O) groups excluding carboxylic acids is 1. The zero-order valence-corrected chi connectivity index (χ0v) is 10.8. The number of carboxylic acid groups (broad SMARTS) is 1. The van der Waals surface area contributed by atoms with Gasteiger partial charge in [0.15, 0.2) is 0 Å². The minimum absolute atomic E-state index is 0.0545. The van der Waals surface area contributed by atoms with Crippen LogP contribution in [0.25, 0.3) is 0 Å². The van der Waals surface area contributed by atoms with Gasteiger partial charge in [-0.25, -0.2) is 0 Å². The first kappa shape index (κ1) is 13.1. The molecule has 0 aromatic carbocycles. The van der Waals surface area contributed by atoms with Crippen molar-refractivity contribution in [2.75, 3.05) is 6.54 Å². The Labute approximate surface area is 107 Å². The van der Waals surface area contributed by atoms with Crippen LogP contribution >= 0.6 is 0 Å². The minimum Gasteiger partial charge on any atom is -0.481 e. The second kappa shape index (κ2) is 5.55. The van der Waals surface area contributed by atoms with E-state index in [1.165, 1.54) is 0 Å². The molecule has 0 unspecified atom stereocenters. The lowest BCUT2D eigenvalue weighted by molar-refractivity contribution is -0.147. The molecule has 0 heterocycles. The van der Waals surface area contributed by atoms with Crippen LogP contribution in [0, 0.1) is 23.7 Å². The van der Waals surface area contributed by atoms with Gasteiger partial charge in [0, 0.05) is 6.54 Å². The Morgan fingerprint density at radius 2 is 1.89 bits per heavy atom. The van der Waals surface area contributed by atoms with Crippen LogP contribution in [0.4, 0.5) is 0 Å². The lowest BCUT2D eigenvalue weighted by atomic mass is 9.82. The highest BCUT2D eigenvalue weighted by Crippen LogP contribution is 2.48. The Balaban J connectivity index is 1.92. The SMILES string of the molecule is CCCCCNC(=O)[C@H]1[C@H](C(=O)O)[C@H]2C=C[C@H]1C2. The summed E-state index contributed by atoms with van der Waals surface area (Å²) < 4.78 is 0. The molecular formula is C14H21NO3. The number of carbonyl (C=O) groups is 2. The number of hydrogen-bond donors (Lipinski definition) is 2. The smallest absolute Gasteiger partial charge is 0.307 e. The maximum atomic E-state index is 12.1. The third-order valence-electron chi connectivity index (χ3n) is 4.13. The van der Waals surface area contributed by atoms with E-state index in [4.69, 9.17) is 0 Å². The molecular weight excluding hydrogens is 230 g/mol. The van der Waals surface area contributed by atoms with Crippen molar-refractivity contribution in [3.05, 3.63) is 12.2 Å². The van der Waals surface area contributed by atoms with E-state index in [0.717, 1.165) is 25.7 Å². The molecule has 2 aliphatic rings. The van der Waals surface area contributed by atoms with E-state index in [-0.39, 0.29) is 23.7 Å². The zero-order valence-electron chi connectivity index (χ0n) is 10.8. The molecule has 0 aliphatic heterocycles. The summed E-state index contributed by atoms with van der Waals surface area (Å²) >= 11 is 0. The molecule has 4 heteroatoms. The molecule has 2 rings (SSSR count). The molecule has 0 saturated heterocycles. The molecule has 4 atom stereocenters. The summed E-state index contributed by atoms with van der Waals surface area (Å²) in [5.74, 6) is -1.61. The fourth-order valence-corrected chi connectivity index (χ4v) is 3.22. The molecule has 100 valence electrons. The van der Waals surface area contributed by atoms with Crippen LogP contribution in [0.3, 0.4) is 0 Å². The topological polar surface area (TPSA) is 66.4 Å². The number of amides is 1. The van der Waals surface area contributed by atoms with Crippen LogP contribution in [0.2, 0.25) is 0 Å². The van der Waals surface area contributed by atoms with Gasteiger partial charge >= 0.3 is 5.97 Å². The summed E-state index contributed by atoms with van der Waals surface area (Å²) in [6, 6.07) is 0. The molecule has 18 heavy (non-hydrogen) atoms. The van der Waals surface area contributed by atoms with Crippen molar-refractivity contribution in [2.45, 2.75) is 32.6 Å². The van der Waals surface area contributed by atoms with E-state index in [1.54, 1.807) is 0 Å². The number of hydrogen-bond acceptors (Lipinski definition) is 2. The van der Waals surface area contributed by atoms with Gasteiger partial charge in [0.2, 0.25) is 5.91 Å². The van der Waals surface area contributed by atoms with Gasteiger partial charge < -0.3 is 10.4 Å². The van der Waals surface area contributed by atoms with Gasteiger partial charge in [0.1, 0.15) is 0 Å². The predicted molar refractivity (Wildman–Crippen MR) is 67.9 cm³/mol. The van der Waals surface area contributed by atoms with E-state index < -0.39 is 11.9 Å². The van der Waals surface area contributed by atoms with Gasteiger partial charge in [-0.2, -0.15) is 0 Å². The first-order valence-electron chi connectivity index (χ1n) is 6.84. The number of allylic oxidation sites excluding steroid dienone is 2. The normalized spacial score (nSPS) is 32.7. The van der Waals surface area contributed by atoms with Crippen molar-refractivity contribution in [3.63, 3.8) is 0 Å². The highest BCUT2D eigenvalue weighted by molar-refractivity contribution is 5.86. The van der Waals surface area contributed by atoms with E-state index in [2.05, 4.69) is 12.2 Å². The molecule has 0 radical (unpaired) electrons. The predicted octanol–water partition coefficient (Wildman–Crippen LogP) is 1.82. The minimum atomic E-state index is -0.833. The molecule has 2 aliphatic carbocycles. The van der Waals surface area contributed by atoms with Crippen molar-refractivity contribution in [3.8, 4) is 0 Å². The second-order valence-corrected chi connectivity index (χ2v) is 5.34. The third-order valence-corrected chi connectivity index (χ3v) is 4.13. The standard InChI is InChI=1S/C14H21NO3/c1-2-3-4-7-15-13(16)11-9-5-6-10(8-9)12(11)14(17)18/h5-6,9-12H,2-4,7-8H2,1H3,(H,15,16)(H,17,18)/t9-,10-,11+,12+/m0/s1. The van der Waals surface area contributed by atoms with Gasteiger partial charge in [0.25, 0.3) is 0 Å².